The number of hydrogen-bond donors (Lipinski definition) is 1. The van der Waals surface area contributed by atoms with E-state index in [0.29, 0.717) is 0 Å². The van der Waals surface area contributed by atoms with Gasteiger partial charge >= 0.3 is 0 Å². The van der Waals surface area contributed by atoms with Crippen molar-refractivity contribution >= 4 is 5.82 Å². The van der Waals surface area contributed by atoms with Gasteiger partial charge in [0, 0.05) is 31.7 Å². The van der Waals surface area contributed by atoms with Gasteiger partial charge in [-0.25, -0.2) is 4.98 Å². The Hall–Kier alpha value is -1.87. The molecule has 0 atom stereocenters. The number of anilines is 1. The third kappa shape index (κ3) is 2.54. The SMILES string of the molecule is Cc1cccc(C)c1-c1cccc(N2CCNCC2)n1. The van der Waals surface area contributed by atoms with Crippen LogP contribution < -0.4 is 10.2 Å². The van der Waals surface area contributed by atoms with Crippen LogP contribution in [-0.4, -0.2) is 31.2 Å². The predicted molar refractivity (Wildman–Crippen MR) is 84.2 cm³/mol. The van der Waals surface area contributed by atoms with Crippen LogP contribution in [0.3, 0.4) is 0 Å². The molecule has 1 aliphatic heterocycles. The summed E-state index contributed by atoms with van der Waals surface area (Å²) in [5.41, 5.74) is 4.92. The largest absolute Gasteiger partial charge is 0.354 e. The zero-order chi connectivity index (χ0) is 13.9. The van der Waals surface area contributed by atoms with Gasteiger partial charge in [-0.05, 0) is 37.1 Å². The van der Waals surface area contributed by atoms with E-state index in [-0.39, 0.29) is 0 Å². The molecule has 2 aromatic rings. The van der Waals surface area contributed by atoms with Crippen LogP contribution in [0, 0.1) is 13.8 Å². The molecule has 0 saturated carbocycles. The Balaban J connectivity index is 1.98. The Kier molecular flexibility index (Phi) is 3.70. The van der Waals surface area contributed by atoms with Gasteiger partial charge in [-0.15, -0.1) is 0 Å². The van der Waals surface area contributed by atoms with Crippen LogP contribution in [-0.2, 0) is 0 Å². The first-order valence-electron chi connectivity index (χ1n) is 7.25. The lowest BCUT2D eigenvalue weighted by Gasteiger charge is -2.28. The second kappa shape index (κ2) is 5.63. The topological polar surface area (TPSA) is 28.2 Å². The molecular weight excluding hydrogens is 246 g/mol. The molecule has 0 aliphatic carbocycles. The lowest BCUT2D eigenvalue weighted by atomic mass is 9.99. The monoisotopic (exact) mass is 267 g/mol. The highest BCUT2D eigenvalue weighted by atomic mass is 15.2. The summed E-state index contributed by atoms with van der Waals surface area (Å²) in [4.78, 5) is 7.24. The van der Waals surface area contributed by atoms with Gasteiger partial charge in [0.05, 0.1) is 5.69 Å². The van der Waals surface area contributed by atoms with Gasteiger partial charge in [-0.3, -0.25) is 0 Å². The van der Waals surface area contributed by atoms with Crippen molar-refractivity contribution in [3.63, 3.8) is 0 Å². The quantitative estimate of drug-likeness (QED) is 0.907. The molecule has 1 fully saturated rings. The highest BCUT2D eigenvalue weighted by Crippen LogP contribution is 2.27. The van der Waals surface area contributed by atoms with Crippen molar-refractivity contribution in [3.8, 4) is 11.3 Å². The summed E-state index contributed by atoms with van der Waals surface area (Å²) in [6.07, 6.45) is 0. The molecule has 3 heteroatoms. The summed E-state index contributed by atoms with van der Waals surface area (Å²) >= 11 is 0. The molecule has 0 unspecified atom stereocenters. The molecule has 0 bridgehead atoms. The first-order chi connectivity index (χ1) is 9.75. The van der Waals surface area contributed by atoms with Crippen LogP contribution >= 0.6 is 0 Å². The number of nitrogens with one attached hydrogen (secondary N) is 1. The molecule has 1 aromatic carbocycles. The van der Waals surface area contributed by atoms with E-state index in [2.05, 4.69) is 60.5 Å². The predicted octanol–water partition coefficient (Wildman–Crippen LogP) is 2.78. The van der Waals surface area contributed by atoms with Crippen LogP contribution in [0.4, 0.5) is 5.82 Å². The Morgan fingerprint density at radius 3 is 2.30 bits per heavy atom. The molecular formula is C17H21N3. The maximum Gasteiger partial charge on any atom is 0.129 e. The summed E-state index contributed by atoms with van der Waals surface area (Å²) < 4.78 is 0. The number of piperazine rings is 1. The normalized spacial score (nSPS) is 15.4. The van der Waals surface area contributed by atoms with Gasteiger partial charge in [-0.2, -0.15) is 0 Å². The lowest BCUT2D eigenvalue weighted by Crippen LogP contribution is -2.43. The summed E-state index contributed by atoms with van der Waals surface area (Å²) in [6.45, 7) is 8.44. The van der Waals surface area contributed by atoms with Gasteiger partial charge in [0.25, 0.3) is 0 Å². The third-order valence-electron chi connectivity index (χ3n) is 3.91. The van der Waals surface area contributed by atoms with Crippen molar-refractivity contribution < 1.29 is 0 Å². The summed E-state index contributed by atoms with van der Waals surface area (Å²) in [6, 6.07) is 12.8. The van der Waals surface area contributed by atoms with E-state index in [0.717, 1.165) is 37.7 Å². The van der Waals surface area contributed by atoms with Crippen LogP contribution in [0.2, 0.25) is 0 Å². The van der Waals surface area contributed by atoms with E-state index >= 15 is 0 Å². The third-order valence-corrected chi connectivity index (χ3v) is 3.91. The van der Waals surface area contributed by atoms with E-state index in [1.54, 1.807) is 0 Å². The number of hydrogen-bond acceptors (Lipinski definition) is 3. The fourth-order valence-electron chi connectivity index (χ4n) is 2.85. The molecule has 1 aromatic heterocycles. The standard InChI is InChI=1S/C17H21N3/c1-13-5-3-6-14(2)17(13)15-7-4-8-16(19-15)20-11-9-18-10-12-20/h3-8,18H,9-12H2,1-2H3. The first kappa shape index (κ1) is 13.1. The van der Waals surface area contributed by atoms with E-state index in [4.69, 9.17) is 4.98 Å². The molecule has 20 heavy (non-hydrogen) atoms. The number of nitrogens with zero attached hydrogens (tertiary/aromatic N) is 2. The van der Waals surface area contributed by atoms with Gasteiger partial charge < -0.3 is 10.2 Å². The molecule has 1 N–H and O–H groups in total. The molecule has 104 valence electrons. The molecule has 1 saturated heterocycles. The fraction of sp³-hybridized carbons (Fsp3) is 0.353. The van der Waals surface area contributed by atoms with Crippen molar-refractivity contribution in [2.75, 3.05) is 31.1 Å². The number of aryl methyl sites for hydroxylation is 2. The Labute approximate surface area is 120 Å². The number of pyridine rings is 1. The zero-order valence-corrected chi connectivity index (χ0v) is 12.2. The highest BCUT2D eigenvalue weighted by molar-refractivity contribution is 5.68. The number of benzene rings is 1. The van der Waals surface area contributed by atoms with Crippen molar-refractivity contribution in [1.82, 2.24) is 10.3 Å². The smallest absolute Gasteiger partial charge is 0.129 e. The van der Waals surface area contributed by atoms with Crippen LogP contribution in [0.1, 0.15) is 11.1 Å². The summed E-state index contributed by atoms with van der Waals surface area (Å²) in [7, 11) is 0. The average molecular weight is 267 g/mol. The maximum absolute atomic E-state index is 4.89. The molecule has 3 rings (SSSR count). The van der Waals surface area contributed by atoms with Crippen LogP contribution in [0.5, 0.6) is 0 Å². The van der Waals surface area contributed by atoms with Gasteiger partial charge in [-0.1, -0.05) is 24.3 Å². The molecule has 0 radical (unpaired) electrons. The number of rotatable bonds is 2. The molecule has 1 aliphatic rings. The minimum absolute atomic E-state index is 1.03. The van der Waals surface area contributed by atoms with Crippen LogP contribution in [0.25, 0.3) is 11.3 Å². The van der Waals surface area contributed by atoms with Gasteiger partial charge in [0.2, 0.25) is 0 Å². The highest BCUT2D eigenvalue weighted by Gasteiger charge is 2.13. The molecule has 0 spiro atoms. The molecule has 3 nitrogen and oxygen atoms in total. The summed E-state index contributed by atoms with van der Waals surface area (Å²) in [5, 5.41) is 3.38. The zero-order valence-electron chi connectivity index (χ0n) is 12.2. The first-order valence-corrected chi connectivity index (χ1v) is 7.25. The minimum Gasteiger partial charge on any atom is -0.354 e. The van der Waals surface area contributed by atoms with E-state index < -0.39 is 0 Å². The Bertz CT molecular complexity index is 581. The Morgan fingerprint density at radius 2 is 1.60 bits per heavy atom. The van der Waals surface area contributed by atoms with Crippen LogP contribution in [0.15, 0.2) is 36.4 Å². The fourth-order valence-corrected chi connectivity index (χ4v) is 2.85. The van der Waals surface area contributed by atoms with Crippen molar-refractivity contribution in [2.45, 2.75) is 13.8 Å². The second-order valence-corrected chi connectivity index (χ2v) is 5.38. The molecule has 2 heterocycles. The Morgan fingerprint density at radius 1 is 0.950 bits per heavy atom. The van der Waals surface area contributed by atoms with E-state index in [1.165, 1.54) is 16.7 Å². The van der Waals surface area contributed by atoms with Crippen molar-refractivity contribution in [3.05, 3.63) is 47.5 Å². The maximum atomic E-state index is 4.89. The second-order valence-electron chi connectivity index (χ2n) is 5.38. The van der Waals surface area contributed by atoms with Crippen molar-refractivity contribution in [1.29, 1.82) is 0 Å². The van der Waals surface area contributed by atoms with Gasteiger partial charge in [0.15, 0.2) is 0 Å². The minimum atomic E-state index is 1.03. The van der Waals surface area contributed by atoms with Gasteiger partial charge in [0.1, 0.15) is 5.82 Å². The lowest BCUT2D eigenvalue weighted by molar-refractivity contribution is 0.585. The van der Waals surface area contributed by atoms with E-state index in [1.807, 2.05) is 0 Å². The summed E-state index contributed by atoms with van der Waals surface area (Å²) in [5.74, 6) is 1.09. The number of aromatic nitrogens is 1. The van der Waals surface area contributed by atoms with Crippen molar-refractivity contribution in [2.24, 2.45) is 0 Å². The average Bonchev–Trinajstić information content (AvgIpc) is 2.48. The molecule has 0 amide bonds. The van der Waals surface area contributed by atoms with E-state index in [9.17, 15) is 0 Å².